The Kier molecular flexibility index (Phi) is 4.50. The number of ketones is 2. The molecule has 0 fully saturated rings. The molecular weight excluding hydrogens is 292 g/mol. The van der Waals surface area contributed by atoms with Gasteiger partial charge in [0.2, 0.25) is 5.78 Å². The second-order valence-electron chi connectivity index (χ2n) is 4.08. The summed E-state index contributed by atoms with van der Waals surface area (Å²) >= 11 is 2.82. The van der Waals surface area contributed by atoms with Crippen molar-refractivity contribution in [2.24, 2.45) is 0 Å². The van der Waals surface area contributed by atoms with Gasteiger partial charge in [-0.2, -0.15) is 0 Å². The lowest BCUT2D eigenvalue weighted by Crippen LogP contribution is -2.27. The first-order valence-corrected chi connectivity index (χ1v) is 7.51. The minimum absolute atomic E-state index is 0.388. The van der Waals surface area contributed by atoms with Gasteiger partial charge in [-0.05, 0) is 38.1 Å². The van der Waals surface area contributed by atoms with Crippen molar-refractivity contribution < 1.29 is 14.7 Å². The van der Waals surface area contributed by atoms with E-state index in [0.29, 0.717) is 4.88 Å². The molecule has 0 radical (unpaired) electrons. The normalized spacial score (nSPS) is 11.6. The standard InChI is InChI=1S/C15H12O3S2/c1-3-4-10-5-6-11(19-10)12-7-8-13(20-12)15(18)14(17)9(2)16/h5-8,14,17H,1-2H3/t14-/m1/s1. The summed E-state index contributed by atoms with van der Waals surface area (Å²) in [5.41, 5.74) is 0. The highest BCUT2D eigenvalue weighted by atomic mass is 32.1. The molecular formula is C15H12O3S2. The second kappa shape index (κ2) is 6.14. The number of carbonyl (C=O) groups is 2. The Balaban J connectivity index is 2.25. The number of carbonyl (C=O) groups excluding carboxylic acids is 2. The molecule has 0 unspecified atom stereocenters. The average molecular weight is 304 g/mol. The van der Waals surface area contributed by atoms with Crippen LogP contribution in [0.2, 0.25) is 0 Å². The SMILES string of the molecule is CC#Cc1ccc(-c2ccc(C(=O)[C@H](O)C(C)=O)s2)s1. The van der Waals surface area contributed by atoms with E-state index in [0.717, 1.165) is 14.6 Å². The predicted molar refractivity (Wildman–Crippen MR) is 81.2 cm³/mol. The zero-order valence-electron chi connectivity index (χ0n) is 11.0. The van der Waals surface area contributed by atoms with Crippen LogP contribution in [0.4, 0.5) is 0 Å². The van der Waals surface area contributed by atoms with E-state index in [9.17, 15) is 14.7 Å². The van der Waals surface area contributed by atoms with Crippen molar-refractivity contribution in [3.05, 3.63) is 34.0 Å². The highest BCUT2D eigenvalue weighted by Gasteiger charge is 2.23. The molecule has 1 atom stereocenters. The van der Waals surface area contributed by atoms with E-state index in [-0.39, 0.29) is 0 Å². The summed E-state index contributed by atoms with van der Waals surface area (Å²) in [6, 6.07) is 7.34. The number of hydrogen-bond acceptors (Lipinski definition) is 5. The van der Waals surface area contributed by atoms with Crippen LogP contribution in [0.1, 0.15) is 28.4 Å². The van der Waals surface area contributed by atoms with E-state index in [1.165, 1.54) is 18.3 Å². The van der Waals surface area contributed by atoms with Crippen LogP contribution in [0.25, 0.3) is 9.75 Å². The largest absolute Gasteiger partial charge is 0.377 e. The van der Waals surface area contributed by atoms with Crippen LogP contribution in [-0.2, 0) is 4.79 Å². The third-order valence-corrected chi connectivity index (χ3v) is 4.88. The van der Waals surface area contributed by atoms with Gasteiger partial charge in [0.25, 0.3) is 0 Å². The zero-order valence-corrected chi connectivity index (χ0v) is 12.6. The Morgan fingerprint density at radius 2 is 1.80 bits per heavy atom. The van der Waals surface area contributed by atoms with Crippen LogP contribution < -0.4 is 0 Å². The Morgan fingerprint density at radius 1 is 1.15 bits per heavy atom. The van der Waals surface area contributed by atoms with Gasteiger partial charge in [-0.15, -0.1) is 28.6 Å². The first-order chi connectivity index (χ1) is 9.52. The second-order valence-corrected chi connectivity index (χ2v) is 6.25. The van der Waals surface area contributed by atoms with Gasteiger partial charge in [0.05, 0.1) is 9.75 Å². The monoisotopic (exact) mass is 304 g/mol. The maximum absolute atomic E-state index is 11.9. The van der Waals surface area contributed by atoms with Crippen LogP contribution in [0, 0.1) is 11.8 Å². The minimum Gasteiger partial charge on any atom is -0.377 e. The highest BCUT2D eigenvalue weighted by molar-refractivity contribution is 7.23. The molecule has 0 aliphatic carbocycles. The zero-order chi connectivity index (χ0) is 14.7. The lowest BCUT2D eigenvalue weighted by Gasteiger charge is -2.02. The first-order valence-electron chi connectivity index (χ1n) is 5.88. The topological polar surface area (TPSA) is 54.4 Å². The molecule has 0 saturated heterocycles. The number of hydrogen-bond donors (Lipinski definition) is 1. The molecule has 0 aliphatic rings. The van der Waals surface area contributed by atoms with Gasteiger partial charge in [-0.3, -0.25) is 9.59 Å². The summed E-state index contributed by atoms with van der Waals surface area (Å²) in [6.07, 6.45) is -1.56. The van der Waals surface area contributed by atoms with Crippen LogP contribution in [-0.4, -0.2) is 22.8 Å². The molecule has 0 amide bonds. The third kappa shape index (κ3) is 3.05. The summed E-state index contributed by atoms with van der Waals surface area (Å²) in [4.78, 5) is 26.2. The molecule has 102 valence electrons. The summed E-state index contributed by atoms with van der Waals surface area (Å²) in [5, 5.41) is 9.49. The smallest absolute Gasteiger partial charge is 0.208 e. The minimum atomic E-state index is -1.56. The molecule has 2 aromatic rings. The molecule has 0 bridgehead atoms. The molecule has 2 heterocycles. The molecule has 2 aromatic heterocycles. The molecule has 3 nitrogen and oxygen atoms in total. The van der Waals surface area contributed by atoms with Crippen molar-refractivity contribution >= 4 is 34.2 Å². The van der Waals surface area contributed by atoms with Gasteiger partial charge in [0.15, 0.2) is 11.9 Å². The molecule has 0 aromatic carbocycles. The van der Waals surface area contributed by atoms with Crippen LogP contribution in [0.3, 0.4) is 0 Å². The Bertz CT molecular complexity index is 713. The molecule has 20 heavy (non-hydrogen) atoms. The maximum atomic E-state index is 11.9. The van der Waals surface area contributed by atoms with E-state index < -0.39 is 17.7 Å². The van der Waals surface area contributed by atoms with Crippen molar-refractivity contribution in [2.45, 2.75) is 20.0 Å². The molecule has 1 N–H and O–H groups in total. The van der Waals surface area contributed by atoms with Crippen LogP contribution >= 0.6 is 22.7 Å². The van der Waals surface area contributed by atoms with Gasteiger partial charge in [0.1, 0.15) is 0 Å². The first kappa shape index (κ1) is 14.7. The third-order valence-electron chi connectivity index (χ3n) is 2.58. The van der Waals surface area contributed by atoms with Crippen molar-refractivity contribution in [3.8, 4) is 21.6 Å². The van der Waals surface area contributed by atoms with E-state index >= 15 is 0 Å². The van der Waals surface area contributed by atoms with E-state index in [4.69, 9.17) is 0 Å². The fourth-order valence-electron chi connectivity index (χ4n) is 1.58. The fourth-order valence-corrected chi connectivity index (χ4v) is 3.55. The van der Waals surface area contributed by atoms with Crippen LogP contribution in [0.15, 0.2) is 24.3 Å². The number of thiophene rings is 2. The number of Topliss-reactive ketones (excluding diaryl/α,β-unsaturated/α-hetero) is 2. The molecule has 0 aliphatic heterocycles. The van der Waals surface area contributed by atoms with Crippen molar-refractivity contribution in [3.63, 3.8) is 0 Å². The van der Waals surface area contributed by atoms with Crippen molar-refractivity contribution in [1.82, 2.24) is 0 Å². The number of rotatable bonds is 4. The summed E-state index contributed by atoms with van der Waals surface area (Å²) in [6.45, 7) is 2.98. The van der Waals surface area contributed by atoms with Crippen molar-refractivity contribution in [1.29, 1.82) is 0 Å². The lowest BCUT2D eigenvalue weighted by atomic mass is 10.1. The summed E-state index contributed by atoms with van der Waals surface area (Å²) < 4.78 is 0. The lowest BCUT2D eigenvalue weighted by molar-refractivity contribution is -0.122. The van der Waals surface area contributed by atoms with Gasteiger partial charge < -0.3 is 5.11 Å². The van der Waals surface area contributed by atoms with Gasteiger partial charge in [-0.1, -0.05) is 5.92 Å². The maximum Gasteiger partial charge on any atom is 0.208 e. The summed E-state index contributed by atoms with van der Waals surface area (Å²) in [5.74, 6) is 4.74. The fraction of sp³-hybridized carbons (Fsp3) is 0.200. The number of aliphatic hydroxyl groups is 1. The Hall–Kier alpha value is -1.74. The average Bonchev–Trinajstić information content (AvgIpc) is 3.05. The molecule has 0 saturated carbocycles. The predicted octanol–water partition coefficient (Wildman–Crippen LogP) is 2.98. The Morgan fingerprint density at radius 3 is 2.45 bits per heavy atom. The quantitative estimate of drug-likeness (QED) is 0.537. The molecule has 2 rings (SSSR count). The van der Waals surface area contributed by atoms with Crippen molar-refractivity contribution in [2.75, 3.05) is 0 Å². The van der Waals surface area contributed by atoms with Gasteiger partial charge >= 0.3 is 0 Å². The van der Waals surface area contributed by atoms with E-state index in [1.54, 1.807) is 24.3 Å². The van der Waals surface area contributed by atoms with E-state index in [2.05, 4.69) is 11.8 Å². The molecule has 5 heteroatoms. The number of aliphatic hydroxyl groups excluding tert-OH is 1. The highest BCUT2D eigenvalue weighted by Crippen LogP contribution is 2.33. The van der Waals surface area contributed by atoms with Gasteiger partial charge in [0, 0.05) is 9.75 Å². The van der Waals surface area contributed by atoms with E-state index in [1.807, 2.05) is 18.2 Å². The Labute approximate surface area is 124 Å². The van der Waals surface area contributed by atoms with Gasteiger partial charge in [-0.25, -0.2) is 0 Å². The van der Waals surface area contributed by atoms with Crippen LogP contribution in [0.5, 0.6) is 0 Å². The molecule has 0 spiro atoms. The summed E-state index contributed by atoms with van der Waals surface area (Å²) in [7, 11) is 0.